The summed E-state index contributed by atoms with van der Waals surface area (Å²) in [6, 6.07) is 80.6. The number of furan rings is 1. The molecule has 9 aromatic carbocycles. The molecule has 0 atom stereocenters. The van der Waals surface area contributed by atoms with Crippen LogP contribution in [0.5, 0.6) is 0 Å². The van der Waals surface area contributed by atoms with E-state index in [1.165, 1.54) is 22.3 Å². The first kappa shape index (κ1) is 35.3. The number of nitriles is 1. The molecule has 1 heterocycles. The summed E-state index contributed by atoms with van der Waals surface area (Å²) in [6.07, 6.45) is 0. The van der Waals surface area contributed by atoms with Crippen LogP contribution in [-0.2, 0) is 0 Å². The van der Waals surface area contributed by atoms with Crippen molar-refractivity contribution in [3.05, 3.63) is 230 Å². The fourth-order valence-electron chi connectivity index (χ4n) is 7.99. The van der Waals surface area contributed by atoms with Crippen LogP contribution in [0.1, 0.15) is 5.56 Å². The van der Waals surface area contributed by atoms with Crippen LogP contribution >= 0.6 is 0 Å². The first-order valence-electron chi connectivity index (χ1n) is 19.7. The zero-order valence-corrected chi connectivity index (χ0v) is 32.1. The van der Waals surface area contributed by atoms with Crippen LogP contribution in [-0.4, -0.2) is 0 Å². The quantitative estimate of drug-likeness (QED) is 0.147. The van der Waals surface area contributed by atoms with E-state index in [-0.39, 0.29) is 0 Å². The summed E-state index contributed by atoms with van der Waals surface area (Å²) in [5.74, 6) is 0. The third-order valence-corrected chi connectivity index (χ3v) is 10.9. The molecule has 0 radical (unpaired) electrons. The van der Waals surface area contributed by atoms with Crippen molar-refractivity contribution in [1.29, 1.82) is 5.26 Å². The van der Waals surface area contributed by atoms with Crippen LogP contribution in [0, 0.1) is 11.3 Å². The van der Waals surface area contributed by atoms with Crippen molar-refractivity contribution < 1.29 is 4.42 Å². The van der Waals surface area contributed by atoms with Crippen LogP contribution in [0.4, 0.5) is 34.1 Å². The van der Waals surface area contributed by atoms with Gasteiger partial charge in [-0.05, 0) is 106 Å². The van der Waals surface area contributed by atoms with E-state index in [0.29, 0.717) is 11.1 Å². The molecule has 0 bridgehead atoms. The third kappa shape index (κ3) is 6.78. The first-order valence-corrected chi connectivity index (χ1v) is 19.7. The number of benzene rings is 9. The molecule has 0 N–H and O–H groups in total. The minimum atomic E-state index is 0.524. The molecule has 0 aliphatic heterocycles. The van der Waals surface area contributed by atoms with Gasteiger partial charge in [0.1, 0.15) is 6.07 Å². The minimum Gasteiger partial charge on any atom is -0.452 e. The Morgan fingerprint density at radius 1 is 0.305 bits per heavy atom. The normalized spacial score (nSPS) is 11.0. The highest BCUT2D eigenvalue weighted by molar-refractivity contribution is 6.11. The van der Waals surface area contributed by atoms with Gasteiger partial charge in [0.25, 0.3) is 0 Å². The Morgan fingerprint density at radius 3 is 1.10 bits per heavy atom. The van der Waals surface area contributed by atoms with Gasteiger partial charge in [0.05, 0.1) is 11.3 Å². The van der Waals surface area contributed by atoms with Gasteiger partial charge >= 0.3 is 0 Å². The minimum absolute atomic E-state index is 0.524. The second kappa shape index (κ2) is 15.4. The number of nitrogens with zero attached hydrogens (tertiary/aromatic N) is 3. The highest BCUT2D eigenvalue weighted by Crippen LogP contribution is 2.43. The molecule has 4 nitrogen and oxygen atoms in total. The fourth-order valence-corrected chi connectivity index (χ4v) is 7.99. The molecule has 1 aromatic heterocycles. The van der Waals surface area contributed by atoms with Crippen LogP contribution < -0.4 is 9.80 Å². The van der Waals surface area contributed by atoms with Crippen molar-refractivity contribution >= 4 is 56.1 Å². The maximum absolute atomic E-state index is 9.83. The van der Waals surface area contributed by atoms with Gasteiger partial charge in [-0.3, -0.25) is 0 Å². The summed E-state index contributed by atoms with van der Waals surface area (Å²) >= 11 is 0. The van der Waals surface area contributed by atoms with Crippen molar-refractivity contribution in [2.24, 2.45) is 0 Å². The highest BCUT2D eigenvalue weighted by atomic mass is 16.3. The SMILES string of the molecule is N#Cc1cccc2c1oc1c(N(c3ccccc3)c3ccc(-c4ccc(N(c5ccc(-c6ccccc6)cc5)c5ccc(-c6ccccc6)cc5)cc4)cc3)cccc12. The predicted molar refractivity (Wildman–Crippen MR) is 244 cm³/mol. The lowest BCUT2D eigenvalue weighted by molar-refractivity contribution is 0.668. The van der Waals surface area contributed by atoms with Gasteiger partial charge in [0.15, 0.2) is 11.2 Å². The van der Waals surface area contributed by atoms with Crippen molar-refractivity contribution in [2.75, 3.05) is 9.80 Å². The smallest absolute Gasteiger partial charge is 0.159 e. The molecule has 0 saturated carbocycles. The topological polar surface area (TPSA) is 43.4 Å². The molecule has 0 saturated heterocycles. The van der Waals surface area contributed by atoms with Gasteiger partial charge in [-0.25, -0.2) is 0 Å². The number of hydrogen-bond acceptors (Lipinski definition) is 4. The number of para-hydroxylation sites is 3. The Labute approximate surface area is 343 Å². The van der Waals surface area contributed by atoms with E-state index in [4.69, 9.17) is 4.42 Å². The van der Waals surface area contributed by atoms with Crippen molar-refractivity contribution in [3.8, 4) is 39.4 Å². The zero-order chi connectivity index (χ0) is 39.5. The number of fused-ring (bicyclic) bond motifs is 3. The third-order valence-electron chi connectivity index (χ3n) is 10.9. The lowest BCUT2D eigenvalue weighted by atomic mass is 10.0. The second-order valence-electron chi connectivity index (χ2n) is 14.5. The van der Waals surface area contributed by atoms with Crippen LogP contribution in [0.25, 0.3) is 55.3 Å². The standard InChI is InChI=1S/C55H37N3O/c56-38-45-16-10-19-51-52-20-11-21-53(55(52)59-54(45)51)58(46-17-8-3-9-18-46)50-36-28-44(29-37-50)43-26-34-49(35-27-43)57(47-30-22-41(23-31-47)39-12-4-1-5-13-39)48-32-24-42(25-33-48)40-14-6-2-7-15-40/h1-37H. The van der Waals surface area contributed by atoms with Gasteiger partial charge in [-0.15, -0.1) is 0 Å². The molecule has 10 aromatic rings. The van der Waals surface area contributed by atoms with E-state index >= 15 is 0 Å². The van der Waals surface area contributed by atoms with Crippen LogP contribution in [0.3, 0.4) is 0 Å². The average molecular weight is 756 g/mol. The number of hydrogen-bond donors (Lipinski definition) is 0. The molecular formula is C55H37N3O. The van der Waals surface area contributed by atoms with E-state index in [0.717, 1.165) is 61.6 Å². The fraction of sp³-hybridized carbons (Fsp3) is 0. The number of rotatable bonds is 9. The first-order chi connectivity index (χ1) is 29.2. The summed E-state index contributed by atoms with van der Waals surface area (Å²) in [6.45, 7) is 0. The molecule has 59 heavy (non-hydrogen) atoms. The Bertz CT molecular complexity index is 2980. The van der Waals surface area contributed by atoms with Gasteiger partial charge in [0.2, 0.25) is 0 Å². The second-order valence-corrected chi connectivity index (χ2v) is 14.5. The summed E-state index contributed by atoms with van der Waals surface area (Å²) < 4.78 is 6.50. The van der Waals surface area contributed by atoms with Gasteiger partial charge in [0, 0.05) is 39.2 Å². The molecular weight excluding hydrogens is 719 g/mol. The summed E-state index contributed by atoms with van der Waals surface area (Å²) in [4.78, 5) is 4.53. The molecule has 278 valence electrons. The predicted octanol–water partition coefficient (Wildman–Crippen LogP) is 15.4. The maximum Gasteiger partial charge on any atom is 0.159 e. The van der Waals surface area contributed by atoms with Gasteiger partial charge in [-0.2, -0.15) is 5.26 Å². The molecule has 4 heteroatoms. The zero-order valence-electron chi connectivity index (χ0n) is 32.1. The average Bonchev–Trinajstić information content (AvgIpc) is 3.71. The lowest BCUT2D eigenvalue weighted by Crippen LogP contribution is -2.10. The summed E-state index contributed by atoms with van der Waals surface area (Å²) in [7, 11) is 0. The van der Waals surface area contributed by atoms with E-state index < -0.39 is 0 Å². The van der Waals surface area contributed by atoms with Crippen molar-refractivity contribution in [2.45, 2.75) is 0 Å². The van der Waals surface area contributed by atoms with Gasteiger partial charge in [-0.1, -0.05) is 152 Å². The molecule has 0 amide bonds. The van der Waals surface area contributed by atoms with E-state index in [1.54, 1.807) is 6.07 Å². The number of anilines is 6. The Balaban J connectivity index is 0.993. The molecule has 0 fully saturated rings. The Kier molecular flexibility index (Phi) is 9.23. The molecule has 0 unspecified atom stereocenters. The summed E-state index contributed by atoms with van der Waals surface area (Å²) in [5, 5.41) is 11.7. The van der Waals surface area contributed by atoms with Crippen LogP contribution in [0.2, 0.25) is 0 Å². The van der Waals surface area contributed by atoms with Crippen molar-refractivity contribution in [1.82, 2.24) is 0 Å². The molecule has 10 rings (SSSR count). The Hall–Kier alpha value is -8.13. The summed E-state index contributed by atoms with van der Waals surface area (Å²) in [5.41, 5.74) is 15.0. The highest BCUT2D eigenvalue weighted by Gasteiger charge is 2.20. The largest absolute Gasteiger partial charge is 0.452 e. The van der Waals surface area contributed by atoms with E-state index in [1.807, 2.05) is 42.5 Å². The van der Waals surface area contributed by atoms with Crippen LogP contribution in [0.15, 0.2) is 229 Å². The lowest BCUT2D eigenvalue weighted by Gasteiger charge is -2.26. The molecule has 0 aliphatic rings. The van der Waals surface area contributed by atoms with Gasteiger partial charge < -0.3 is 14.2 Å². The molecule has 0 spiro atoms. The van der Waals surface area contributed by atoms with Crippen molar-refractivity contribution in [3.63, 3.8) is 0 Å². The maximum atomic E-state index is 9.83. The van der Waals surface area contributed by atoms with E-state index in [9.17, 15) is 5.26 Å². The Morgan fingerprint density at radius 2 is 0.661 bits per heavy atom. The molecule has 0 aliphatic carbocycles. The monoisotopic (exact) mass is 755 g/mol. The van der Waals surface area contributed by atoms with E-state index in [2.05, 4.69) is 192 Å².